The van der Waals surface area contributed by atoms with Gasteiger partial charge in [-0.1, -0.05) is 31.9 Å². The van der Waals surface area contributed by atoms with Gasteiger partial charge in [0.1, 0.15) is 0 Å². The van der Waals surface area contributed by atoms with Gasteiger partial charge in [0.05, 0.1) is 10.7 Å². The highest BCUT2D eigenvalue weighted by atomic mass is 35.5. The Morgan fingerprint density at radius 2 is 1.95 bits per heavy atom. The summed E-state index contributed by atoms with van der Waals surface area (Å²) in [6, 6.07) is 4.78. The fourth-order valence-corrected chi connectivity index (χ4v) is 1.82. The van der Waals surface area contributed by atoms with Crippen molar-refractivity contribution in [2.75, 3.05) is 24.2 Å². The van der Waals surface area contributed by atoms with Crippen molar-refractivity contribution in [1.29, 1.82) is 0 Å². The summed E-state index contributed by atoms with van der Waals surface area (Å²) in [6.07, 6.45) is 2.37. The molecule has 0 aliphatic carbocycles. The Labute approximate surface area is 130 Å². The van der Waals surface area contributed by atoms with Gasteiger partial charge in [0.2, 0.25) is 5.91 Å². The fourth-order valence-electron chi connectivity index (χ4n) is 1.66. The Bertz CT molecular complexity index is 506. The zero-order chi connectivity index (χ0) is 15.8. The van der Waals surface area contributed by atoms with E-state index in [1.165, 1.54) is 0 Å². The number of anilines is 2. The lowest BCUT2D eigenvalue weighted by Crippen LogP contribution is -2.32. The van der Waals surface area contributed by atoms with Gasteiger partial charge in [0, 0.05) is 25.7 Å². The maximum atomic E-state index is 12.0. The van der Waals surface area contributed by atoms with Gasteiger partial charge in [-0.25, -0.2) is 4.79 Å². The standard InChI is InChI=1S/C15H22ClN3O2/c1-4-6-9-19(3)15(21)18-13-10-11(7-8-12(13)16)17-14(20)5-2/h7-8,10H,4-6,9H2,1-3H3,(H,17,20)(H,18,21). The van der Waals surface area contributed by atoms with Crippen LogP contribution >= 0.6 is 11.6 Å². The molecular weight excluding hydrogens is 290 g/mol. The smallest absolute Gasteiger partial charge is 0.321 e. The quantitative estimate of drug-likeness (QED) is 0.835. The molecule has 0 aliphatic heterocycles. The molecule has 0 unspecified atom stereocenters. The summed E-state index contributed by atoms with van der Waals surface area (Å²) in [7, 11) is 1.74. The monoisotopic (exact) mass is 311 g/mol. The third-order valence-corrected chi connectivity index (χ3v) is 3.34. The van der Waals surface area contributed by atoms with E-state index in [1.807, 2.05) is 0 Å². The van der Waals surface area contributed by atoms with E-state index >= 15 is 0 Å². The van der Waals surface area contributed by atoms with E-state index in [9.17, 15) is 9.59 Å². The molecule has 116 valence electrons. The number of urea groups is 1. The number of nitrogens with one attached hydrogen (secondary N) is 2. The SMILES string of the molecule is CCCCN(C)C(=O)Nc1cc(NC(=O)CC)ccc1Cl. The summed E-state index contributed by atoms with van der Waals surface area (Å²) in [5.74, 6) is -0.0883. The van der Waals surface area contributed by atoms with Crippen molar-refractivity contribution in [3.8, 4) is 0 Å². The number of carbonyl (C=O) groups is 2. The Hall–Kier alpha value is -1.75. The van der Waals surface area contributed by atoms with Crippen molar-refractivity contribution in [3.63, 3.8) is 0 Å². The topological polar surface area (TPSA) is 61.4 Å². The Morgan fingerprint density at radius 3 is 2.57 bits per heavy atom. The molecule has 6 heteroatoms. The lowest BCUT2D eigenvalue weighted by atomic mass is 10.2. The Kier molecular flexibility index (Phi) is 7.02. The van der Waals surface area contributed by atoms with Crippen LogP contribution in [0.3, 0.4) is 0 Å². The van der Waals surface area contributed by atoms with E-state index in [-0.39, 0.29) is 11.9 Å². The van der Waals surface area contributed by atoms with E-state index in [0.29, 0.717) is 29.4 Å². The molecule has 3 amide bonds. The number of halogens is 1. The van der Waals surface area contributed by atoms with Crippen LogP contribution in [0.4, 0.5) is 16.2 Å². The molecule has 0 aliphatic rings. The van der Waals surface area contributed by atoms with Gasteiger partial charge >= 0.3 is 6.03 Å². The van der Waals surface area contributed by atoms with Crippen LogP contribution in [0.5, 0.6) is 0 Å². The zero-order valence-electron chi connectivity index (χ0n) is 12.7. The first-order valence-corrected chi connectivity index (χ1v) is 7.47. The molecule has 0 saturated heterocycles. The van der Waals surface area contributed by atoms with E-state index in [1.54, 1.807) is 37.1 Å². The van der Waals surface area contributed by atoms with Crippen molar-refractivity contribution in [2.24, 2.45) is 0 Å². The highest BCUT2D eigenvalue weighted by Crippen LogP contribution is 2.26. The number of amides is 3. The average molecular weight is 312 g/mol. The summed E-state index contributed by atoms with van der Waals surface area (Å²) in [5.41, 5.74) is 1.09. The van der Waals surface area contributed by atoms with Crippen LogP contribution in [0, 0.1) is 0 Å². The summed E-state index contributed by atoms with van der Waals surface area (Å²) < 4.78 is 0. The molecule has 2 N–H and O–H groups in total. The fraction of sp³-hybridized carbons (Fsp3) is 0.467. The molecule has 0 heterocycles. The summed E-state index contributed by atoms with van der Waals surface area (Å²) in [4.78, 5) is 25.0. The minimum absolute atomic E-state index is 0.0883. The third-order valence-electron chi connectivity index (χ3n) is 3.01. The maximum Gasteiger partial charge on any atom is 0.321 e. The Balaban J connectivity index is 2.75. The van der Waals surface area contributed by atoms with Crippen LogP contribution in [0.2, 0.25) is 5.02 Å². The number of hydrogen-bond acceptors (Lipinski definition) is 2. The predicted octanol–water partition coefficient (Wildman–Crippen LogP) is 3.95. The number of benzene rings is 1. The Morgan fingerprint density at radius 1 is 1.24 bits per heavy atom. The van der Waals surface area contributed by atoms with Crippen molar-refractivity contribution in [2.45, 2.75) is 33.1 Å². The molecule has 1 aromatic carbocycles. The minimum atomic E-state index is -0.218. The van der Waals surface area contributed by atoms with Gasteiger partial charge in [0.15, 0.2) is 0 Å². The molecule has 21 heavy (non-hydrogen) atoms. The van der Waals surface area contributed by atoms with Crippen LogP contribution < -0.4 is 10.6 Å². The van der Waals surface area contributed by atoms with Gasteiger partial charge in [-0.3, -0.25) is 4.79 Å². The first-order valence-electron chi connectivity index (χ1n) is 7.09. The number of rotatable bonds is 6. The van der Waals surface area contributed by atoms with Crippen molar-refractivity contribution >= 4 is 34.9 Å². The molecule has 0 spiro atoms. The molecule has 0 aromatic heterocycles. The molecule has 0 radical (unpaired) electrons. The number of carbonyl (C=O) groups excluding carboxylic acids is 2. The van der Waals surface area contributed by atoms with E-state index in [4.69, 9.17) is 11.6 Å². The molecule has 5 nitrogen and oxygen atoms in total. The van der Waals surface area contributed by atoms with Crippen LogP contribution in [0.1, 0.15) is 33.1 Å². The molecule has 0 atom stereocenters. The summed E-state index contributed by atoms with van der Waals surface area (Å²) in [6.45, 7) is 4.53. The largest absolute Gasteiger partial charge is 0.328 e. The number of hydrogen-bond donors (Lipinski definition) is 2. The van der Waals surface area contributed by atoms with E-state index < -0.39 is 0 Å². The van der Waals surface area contributed by atoms with Crippen LogP contribution in [0.15, 0.2) is 18.2 Å². The average Bonchev–Trinajstić information content (AvgIpc) is 2.47. The third kappa shape index (κ3) is 5.63. The first-order chi connectivity index (χ1) is 9.97. The minimum Gasteiger partial charge on any atom is -0.328 e. The second kappa shape index (κ2) is 8.52. The normalized spacial score (nSPS) is 10.1. The number of nitrogens with zero attached hydrogens (tertiary/aromatic N) is 1. The van der Waals surface area contributed by atoms with Gasteiger partial charge in [0.25, 0.3) is 0 Å². The van der Waals surface area contributed by atoms with Crippen LogP contribution in [-0.4, -0.2) is 30.4 Å². The molecule has 0 fully saturated rings. The van der Waals surface area contributed by atoms with Crippen molar-refractivity contribution in [3.05, 3.63) is 23.2 Å². The first kappa shape index (κ1) is 17.3. The maximum absolute atomic E-state index is 12.0. The second-order valence-corrected chi connectivity index (χ2v) is 5.21. The highest BCUT2D eigenvalue weighted by molar-refractivity contribution is 6.33. The number of unbranched alkanes of at least 4 members (excludes halogenated alkanes) is 1. The van der Waals surface area contributed by atoms with Crippen LogP contribution in [-0.2, 0) is 4.79 Å². The molecule has 1 rings (SSSR count). The van der Waals surface area contributed by atoms with Crippen molar-refractivity contribution in [1.82, 2.24) is 4.90 Å². The lowest BCUT2D eigenvalue weighted by Gasteiger charge is -2.18. The lowest BCUT2D eigenvalue weighted by molar-refractivity contribution is -0.115. The predicted molar refractivity (Wildman–Crippen MR) is 86.9 cm³/mol. The van der Waals surface area contributed by atoms with Gasteiger partial charge in [-0.2, -0.15) is 0 Å². The summed E-state index contributed by atoms with van der Waals surface area (Å²) in [5, 5.41) is 5.92. The van der Waals surface area contributed by atoms with Crippen LogP contribution in [0.25, 0.3) is 0 Å². The van der Waals surface area contributed by atoms with Gasteiger partial charge in [-0.05, 0) is 24.6 Å². The summed E-state index contributed by atoms with van der Waals surface area (Å²) >= 11 is 6.07. The zero-order valence-corrected chi connectivity index (χ0v) is 13.5. The molecule has 0 bridgehead atoms. The second-order valence-electron chi connectivity index (χ2n) is 4.80. The van der Waals surface area contributed by atoms with E-state index in [0.717, 1.165) is 12.8 Å². The van der Waals surface area contributed by atoms with Crippen molar-refractivity contribution < 1.29 is 9.59 Å². The molecule has 0 saturated carbocycles. The van der Waals surface area contributed by atoms with E-state index in [2.05, 4.69) is 17.6 Å². The molecule has 1 aromatic rings. The molecular formula is C15H22ClN3O2. The highest BCUT2D eigenvalue weighted by Gasteiger charge is 2.11. The van der Waals surface area contributed by atoms with Gasteiger partial charge in [-0.15, -0.1) is 0 Å². The van der Waals surface area contributed by atoms with Gasteiger partial charge < -0.3 is 15.5 Å².